The number of sulfone groups is 1. The number of anilines is 1. The van der Waals surface area contributed by atoms with Crippen LogP contribution in [0.4, 0.5) is 23.2 Å². The predicted octanol–water partition coefficient (Wildman–Crippen LogP) is 5.03. The summed E-state index contributed by atoms with van der Waals surface area (Å²) < 4.78 is 80.7. The van der Waals surface area contributed by atoms with Crippen LogP contribution in [0, 0.1) is 17.2 Å². The topological polar surface area (TPSA) is 103 Å². The van der Waals surface area contributed by atoms with Gasteiger partial charge in [-0.25, -0.2) is 17.8 Å². The van der Waals surface area contributed by atoms with Crippen LogP contribution < -0.4 is 10.2 Å². The van der Waals surface area contributed by atoms with Crippen LogP contribution in [-0.2, 0) is 20.0 Å². The van der Waals surface area contributed by atoms with E-state index in [-0.39, 0.29) is 48.6 Å². The molecule has 1 aliphatic heterocycles. The highest BCUT2D eigenvalue weighted by Crippen LogP contribution is 2.61. The van der Waals surface area contributed by atoms with E-state index in [1.165, 1.54) is 0 Å². The lowest BCUT2D eigenvalue weighted by molar-refractivity contribution is -0.160. The third kappa shape index (κ3) is 5.33. The molecule has 1 N–H and O–H groups in total. The minimum absolute atomic E-state index is 0.0301. The predicted molar refractivity (Wildman–Crippen MR) is 146 cm³/mol. The maximum Gasteiger partial charge on any atom is 0.400 e. The largest absolute Gasteiger partial charge is 0.400 e. The first-order valence-electron chi connectivity index (χ1n) is 13.9. The monoisotopic (exact) mass is 610 g/mol. The highest BCUT2D eigenvalue weighted by Gasteiger charge is 2.66. The fourth-order valence-corrected chi connectivity index (χ4v) is 8.60. The highest BCUT2D eigenvalue weighted by molar-refractivity contribution is 7.91. The van der Waals surface area contributed by atoms with Gasteiger partial charge in [0.2, 0.25) is 5.91 Å². The van der Waals surface area contributed by atoms with Crippen LogP contribution in [-0.4, -0.2) is 61.8 Å². The average Bonchev–Trinajstić information content (AvgIpc) is 3.86. The van der Waals surface area contributed by atoms with Gasteiger partial charge in [0.15, 0.2) is 9.84 Å². The molecular formula is C28H30F4N4O3S2. The fraction of sp³-hybridized carbons (Fsp3) is 0.607. The minimum atomic E-state index is -4.46. The Balaban J connectivity index is 1.36. The Bertz CT molecular complexity index is 1480. The molecule has 4 aliphatic rings. The van der Waals surface area contributed by atoms with Gasteiger partial charge in [-0.3, -0.25) is 4.79 Å². The first kappa shape index (κ1) is 28.4. The molecule has 1 aromatic carbocycles. The number of nitriles is 1. The van der Waals surface area contributed by atoms with Crippen LogP contribution in [0.2, 0.25) is 0 Å². The van der Waals surface area contributed by atoms with Crippen molar-refractivity contribution >= 4 is 32.8 Å². The zero-order valence-electron chi connectivity index (χ0n) is 22.2. The maximum absolute atomic E-state index is 14.6. The van der Waals surface area contributed by atoms with E-state index in [0.717, 1.165) is 17.0 Å². The third-order valence-electron chi connectivity index (χ3n) is 9.00. The van der Waals surface area contributed by atoms with E-state index in [1.54, 1.807) is 12.1 Å². The van der Waals surface area contributed by atoms with Crippen LogP contribution >= 0.6 is 11.3 Å². The van der Waals surface area contributed by atoms with Gasteiger partial charge in [-0.15, -0.1) is 11.3 Å². The number of hydrogen-bond acceptors (Lipinski definition) is 7. The van der Waals surface area contributed by atoms with Crippen molar-refractivity contribution in [3.05, 3.63) is 35.0 Å². The molecule has 4 fully saturated rings. The van der Waals surface area contributed by atoms with Crippen LogP contribution in [0.5, 0.6) is 0 Å². The van der Waals surface area contributed by atoms with E-state index in [2.05, 4.69) is 16.4 Å². The lowest BCUT2D eigenvalue weighted by Gasteiger charge is -2.33. The van der Waals surface area contributed by atoms with Gasteiger partial charge in [-0.2, -0.15) is 18.4 Å². The summed E-state index contributed by atoms with van der Waals surface area (Å²) in [6.07, 6.45) is -4.40. The first-order valence-corrected chi connectivity index (χ1v) is 16.5. The Kier molecular flexibility index (Phi) is 6.88. The van der Waals surface area contributed by atoms with E-state index in [1.807, 2.05) is 17.0 Å². The smallest absolute Gasteiger partial charge is 0.369 e. The van der Waals surface area contributed by atoms with Gasteiger partial charge in [0, 0.05) is 30.6 Å². The highest BCUT2D eigenvalue weighted by atomic mass is 32.2. The van der Waals surface area contributed by atoms with Gasteiger partial charge in [0.1, 0.15) is 22.1 Å². The zero-order valence-corrected chi connectivity index (χ0v) is 23.8. The molecule has 3 saturated carbocycles. The summed E-state index contributed by atoms with van der Waals surface area (Å²) in [5.41, 5.74) is -1.11. The molecule has 2 aromatic rings. The molecule has 3 aliphatic carbocycles. The van der Waals surface area contributed by atoms with Crippen LogP contribution in [0.25, 0.3) is 10.4 Å². The first-order chi connectivity index (χ1) is 19.4. The van der Waals surface area contributed by atoms with Crippen molar-refractivity contribution < 1.29 is 30.8 Å². The Morgan fingerprint density at radius 2 is 1.76 bits per heavy atom. The Labute approximate surface area is 239 Å². The van der Waals surface area contributed by atoms with Crippen LogP contribution in [0.15, 0.2) is 24.3 Å². The minimum Gasteiger partial charge on any atom is -0.369 e. The van der Waals surface area contributed by atoms with Gasteiger partial charge < -0.3 is 10.2 Å². The molecule has 3 atom stereocenters. The van der Waals surface area contributed by atoms with Crippen molar-refractivity contribution in [1.29, 1.82) is 5.26 Å². The number of halogens is 4. The van der Waals surface area contributed by atoms with E-state index < -0.39 is 50.9 Å². The number of aromatic nitrogens is 1. The number of alkyl halides is 4. The second-order valence-corrected chi connectivity index (χ2v) is 15.1. The number of hydrogen-bond donors (Lipinski definition) is 1. The van der Waals surface area contributed by atoms with E-state index in [0.29, 0.717) is 42.1 Å². The molecule has 41 heavy (non-hydrogen) atoms. The van der Waals surface area contributed by atoms with Crippen molar-refractivity contribution in [1.82, 2.24) is 10.3 Å². The number of nitrogens with one attached hydrogen (secondary N) is 1. The molecule has 0 unspecified atom stereocenters. The summed E-state index contributed by atoms with van der Waals surface area (Å²) in [4.78, 5) is 20.4. The van der Waals surface area contributed by atoms with Gasteiger partial charge in [0.05, 0.1) is 28.1 Å². The van der Waals surface area contributed by atoms with Crippen LogP contribution in [0.3, 0.4) is 0 Å². The van der Waals surface area contributed by atoms with Crippen LogP contribution in [0.1, 0.15) is 61.6 Å². The standard InChI is InChI=1S/C28H30F4N4O3S2/c29-18-3-6-20(21(15-18)24(37)35-26(16-33)7-8-26)22-23(40-25(34-22)27(9-10-27)28(30,31)32)17-1-4-19(5-2-17)36-11-13-41(38,39)14-12-36/h1-2,4-5,18,20-21H,3,6-15H2,(H,35,37)/t18-,20+,21+/m0/s1. The number of thiazole rings is 1. The quantitative estimate of drug-likeness (QED) is 0.461. The Hall–Kier alpha value is -2.72. The summed E-state index contributed by atoms with van der Waals surface area (Å²) >= 11 is 0.986. The molecule has 7 nitrogen and oxygen atoms in total. The molecule has 6 rings (SSSR count). The molecular weight excluding hydrogens is 580 g/mol. The summed E-state index contributed by atoms with van der Waals surface area (Å²) in [7, 11) is -3.05. The molecule has 0 bridgehead atoms. The zero-order chi connectivity index (χ0) is 29.2. The lowest BCUT2D eigenvalue weighted by Crippen LogP contribution is -2.44. The van der Waals surface area contributed by atoms with Crippen molar-refractivity contribution in [2.75, 3.05) is 29.5 Å². The number of rotatable bonds is 6. The normalized spacial score (nSPS) is 28.0. The summed E-state index contributed by atoms with van der Waals surface area (Å²) in [5.74, 6) is -1.78. The number of carbonyl (C=O) groups is 1. The number of amides is 1. The summed E-state index contributed by atoms with van der Waals surface area (Å²) in [6.45, 7) is 0.721. The van der Waals surface area contributed by atoms with Crippen molar-refractivity contribution in [2.45, 2.75) is 74.2 Å². The van der Waals surface area contributed by atoms with Gasteiger partial charge in [0.25, 0.3) is 0 Å². The molecule has 220 valence electrons. The van der Waals surface area contributed by atoms with Gasteiger partial charge in [-0.05, 0) is 62.6 Å². The number of nitrogens with zero attached hydrogens (tertiary/aromatic N) is 3. The van der Waals surface area contributed by atoms with E-state index >= 15 is 0 Å². The van der Waals surface area contributed by atoms with Crippen molar-refractivity contribution in [3.63, 3.8) is 0 Å². The van der Waals surface area contributed by atoms with Gasteiger partial charge >= 0.3 is 6.18 Å². The number of carbonyl (C=O) groups excluding carboxylic acids is 1. The SMILES string of the molecule is N#CC1(NC(=O)[C@@H]2C[C@@H](F)CC[C@H]2c2nc(C3(C(F)(F)F)CC3)sc2-c2ccc(N3CCS(=O)(=O)CC3)cc2)CC1. The number of benzene rings is 1. The van der Waals surface area contributed by atoms with E-state index in [4.69, 9.17) is 0 Å². The van der Waals surface area contributed by atoms with E-state index in [9.17, 15) is 36.0 Å². The van der Waals surface area contributed by atoms with Gasteiger partial charge in [-0.1, -0.05) is 12.1 Å². The van der Waals surface area contributed by atoms with Crippen molar-refractivity contribution in [2.24, 2.45) is 5.92 Å². The maximum atomic E-state index is 14.6. The molecule has 0 radical (unpaired) electrons. The fourth-order valence-electron chi connectivity index (χ4n) is 5.99. The molecule has 1 saturated heterocycles. The molecule has 13 heteroatoms. The summed E-state index contributed by atoms with van der Waals surface area (Å²) in [5, 5.41) is 12.2. The Morgan fingerprint density at radius 3 is 2.32 bits per heavy atom. The second kappa shape index (κ2) is 9.93. The summed E-state index contributed by atoms with van der Waals surface area (Å²) in [6, 6.07) is 9.33. The molecule has 2 heterocycles. The lowest BCUT2D eigenvalue weighted by atomic mass is 9.75. The molecule has 1 aromatic heterocycles. The van der Waals surface area contributed by atoms with Crippen molar-refractivity contribution in [3.8, 4) is 16.5 Å². The third-order valence-corrected chi connectivity index (χ3v) is 11.9. The molecule has 1 amide bonds. The molecule has 0 spiro atoms. The second-order valence-electron chi connectivity index (χ2n) is 11.8. The average molecular weight is 611 g/mol. The Morgan fingerprint density at radius 1 is 1.10 bits per heavy atom.